The van der Waals surface area contributed by atoms with Crippen molar-refractivity contribution in [2.24, 2.45) is 0 Å². The highest BCUT2D eigenvalue weighted by atomic mass is 127. The molecule has 0 amide bonds. The number of nitrogens with two attached hydrogens (primary N) is 1. The molecule has 0 saturated heterocycles. The second-order valence-electron chi connectivity index (χ2n) is 4.11. The van der Waals surface area contributed by atoms with Crippen LogP contribution in [0.3, 0.4) is 0 Å². The van der Waals surface area contributed by atoms with Crippen molar-refractivity contribution in [1.29, 1.82) is 0 Å². The lowest BCUT2D eigenvalue weighted by Crippen LogP contribution is -1.95. The molecule has 19 heavy (non-hydrogen) atoms. The van der Waals surface area contributed by atoms with E-state index < -0.39 is 0 Å². The van der Waals surface area contributed by atoms with Gasteiger partial charge in [-0.1, -0.05) is 0 Å². The van der Waals surface area contributed by atoms with Crippen molar-refractivity contribution in [2.45, 2.75) is 0 Å². The van der Waals surface area contributed by atoms with Gasteiger partial charge in [-0.15, -0.1) is 0 Å². The number of hydrogen-bond acceptors (Lipinski definition) is 3. The zero-order chi connectivity index (χ0) is 13.4. The van der Waals surface area contributed by atoms with E-state index in [4.69, 9.17) is 5.73 Å². The van der Waals surface area contributed by atoms with Crippen molar-refractivity contribution in [2.75, 3.05) is 11.1 Å². The van der Waals surface area contributed by atoms with Gasteiger partial charge < -0.3 is 16.0 Å². The third-order valence-electron chi connectivity index (χ3n) is 2.69. The Kier molecular flexibility index (Phi) is 3.02. The highest BCUT2D eigenvalue weighted by Gasteiger charge is 2.06. The van der Waals surface area contributed by atoms with Crippen LogP contribution >= 0.6 is 22.6 Å². The summed E-state index contributed by atoms with van der Waals surface area (Å²) in [4.78, 5) is 7.52. The minimum absolute atomic E-state index is 0.257. The number of hydrogen-bond donors (Lipinski definition) is 3. The van der Waals surface area contributed by atoms with Crippen LogP contribution in [-0.4, -0.2) is 9.97 Å². The number of anilines is 3. The summed E-state index contributed by atoms with van der Waals surface area (Å²) in [6.07, 6.45) is 0. The van der Waals surface area contributed by atoms with Crippen LogP contribution in [0, 0.1) is 9.39 Å². The summed E-state index contributed by atoms with van der Waals surface area (Å²) in [5, 5.41) is 3.13. The van der Waals surface area contributed by atoms with Gasteiger partial charge in [0.05, 0.1) is 16.7 Å². The van der Waals surface area contributed by atoms with Gasteiger partial charge in [0.1, 0.15) is 5.82 Å². The first-order valence-electron chi connectivity index (χ1n) is 5.59. The molecule has 6 heteroatoms. The molecule has 3 rings (SSSR count). The maximum absolute atomic E-state index is 13.0. The monoisotopic (exact) mass is 368 g/mol. The molecule has 4 nitrogen and oxygen atoms in total. The minimum atomic E-state index is -0.257. The summed E-state index contributed by atoms with van der Waals surface area (Å²) in [6, 6.07) is 10.0. The maximum atomic E-state index is 13.0. The van der Waals surface area contributed by atoms with Crippen LogP contribution in [0.1, 0.15) is 0 Å². The van der Waals surface area contributed by atoms with Crippen molar-refractivity contribution in [3.63, 3.8) is 0 Å². The number of rotatable bonds is 2. The summed E-state index contributed by atoms with van der Waals surface area (Å²) in [5.41, 5.74) is 8.88. The van der Waals surface area contributed by atoms with Gasteiger partial charge in [0.2, 0.25) is 5.95 Å². The molecule has 1 heterocycles. The number of fused-ring (bicyclic) bond motifs is 1. The van der Waals surface area contributed by atoms with Crippen LogP contribution in [0.5, 0.6) is 0 Å². The fraction of sp³-hybridized carbons (Fsp3) is 0. The van der Waals surface area contributed by atoms with Crippen molar-refractivity contribution in [1.82, 2.24) is 9.97 Å². The van der Waals surface area contributed by atoms with Crippen molar-refractivity contribution >= 4 is 50.9 Å². The average Bonchev–Trinajstić information content (AvgIpc) is 2.74. The van der Waals surface area contributed by atoms with E-state index in [9.17, 15) is 4.39 Å². The van der Waals surface area contributed by atoms with Crippen molar-refractivity contribution in [3.8, 4) is 0 Å². The number of nitrogen functional groups attached to an aromatic ring is 1. The lowest BCUT2D eigenvalue weighted by Gasteiger charge is -2.05. The molecule has 0 aliphatic carbocycles. The lowest BCUT2D eigenvalue weighted by atomic mass is 10.3. The van der Waals surface area contributed by atoms with E-state index in [1.54, 1.807) is 12.1 Å². The van der Waals surface area contributed by atoms with E-state index >= 15 is 0 Å². The van der Waals surface area contributed by atoms with E-state index in [1.165, 1.54) is 12.1 Å². The summed E-state index contributed by atoms with van der Waals surface area (Å²) in [6.45, 7) is 0. The first-order chi connectivity index (χ1) is 9.11. The van der Waals surface area contributed by atoms with Gasteiger partial charge in [0.25, 0.3) is 0 Å². The topological polar surface area (TPSA) is 66.7 Å². The van der Waals surface area contributed by atoms with Gasteiger partial charge in [-0.2, -0.15) is 0 Å². The Morgan fingerprint density at radius 2 is 2.05 bits per heavy atom. The van der Waals surface area contributed by atoms with E-state index in [1.807, 2.05) is 12.1 Å². The zero-order valence-corrected chi connectivity index (χ0v) is 11.9. The molecular formula is C13H10FIN4. The molecule has 96 valence electrons. The van der Waals surface area contributed by atoms with Crippen molar-refractivity contribution < 1.29 is 4.39 Å². The number of H-pyrrole nitrogens is 1. The zero-order valence-electron chi connectivity index (χ0n) is 9.74. The van der Waals surface area contributed by atoms with Gasteiger partial charge in [-0.25, -0.2) is 9.37 Å². The quantitative estimate of drug-likeness (QED) is 0.478. The van der Waals surface area contributed by atoms with Crippen LogP contribution in [-0.2, 0) is 0 Å². The molecule has 0 atom stereocenters. The third-order valence-corrected chi connectivity index (χ3v) is 3.58. The number of aromatic nitrogens is 2. The smallest absolute Gasteiger partial charge is 0.205 e. The normalized spacial score (nSPS) is 10.8. The van der Waals surface area contributed by atoms with Crippen molar-refractivity contribution in [3.05, 3.63) is 45.8 Å². The Morgan fingerprint density at radius 1 is 1.21 bits per heavy atom. The maximum Gasteiger partial charge on any atom is 0.205 e. The highest BCUT2D eigenvalue weighted by molar-refractivity contribution is 14.1. The van der Waals surface area contributed by atoms with Crippen LogP contribution in [0.2, 0.25) is 0 Å². The number of aromatic amines is 1. The molecule has 0 radical (unpaired) electrons. The van der Waals surface area contributed by atoms with Crippen LogP contribution in [0.25, 0.3) is 11.0 Å². The molecule has 0 unspecified atom stereocenters. The average molecular weight is 368 g/mol. The van der Waals surface area contributed by atoms with Gasteiger partial charge >= 0.3 is 0 Å². The third kappa shape index (κ3) is 2.48. The molecular weight excluding hydrogens is 358 g/mol. The molecule has 0 fully saturated rings. The Balaban J connectivity index is 1.96. The fourth-order valence-corrected chi connectivity index (χ4v) is 2.42. The largest absolute Gasteiger partial charge is 0.399 e. The molecule has 1 aromatic heterocycles. The Hall–Kier alpha value is -1.83. The number of nitrogens with zero attached hydrogens (tertiary/aromatic N) is 1. The molecule has 4 N–H and O–H groups in total. The second-order valence-corrected chi connectivity index (χ2v) is 5.27. The molecule has 0 saturated carbocycles. The first-order valence-corrected chi connectivity index (χ1v) is 6.67. The summed E-state index contributed by atoms with van der Waals surface area (Å²) >= 11 is 2.07. The molecule has 3 aromatic rings. The fourth-order valence-electron chi connectivity index (χ4n) is 1.80. The number of halogens is 2. The Bertz CT molecular complexity index is 753. The van der Waals surface area contributed by atoms with Crippen LogP contribution < -0.4 is 11.1 Å². The molecule has 0 spiro atoms. The van der Waals surface area contributed by atoms with E-state index in [0.29, 0.717) is 11.6 Å². The van der Waals surface area contributed by atoms with Crippen LogP contribution in [0.15, 0.2) is 36.4 Å². The predicted octanol–water partition coefficient (Wildman–Crippen LogP) is 3.63. The number of benzene rings is 2. The van der Waals surface area contributed by atoms with Gasteiger partial charge in [-0.3, -0.25) is 0 Å². The minimum Gasteiger partial charge on any atom is -0.399 e. The molecule has 2 aromatic carbocycles. The second kappa shape index (κ2) is 4.69. The van der Waals surface area contributed by atoms with Gasteiger partial charge in [-0.05, 0) is 59.0 Å². The van der Waals surface area contributed by atoms with Gasteiger partial charge in [0.15, 0.2) is 0 Å². The number of imidazole rings is 1. The predicted molar refractivity (Wildman–Crippen MR) is 82.9 cm³/mol. The summed E-state index contributed by atoms with van der Waals surface area (Å²) in [5.74, 6) is 0.345. The Labute approximate surface area is 122 Å². The Morgan fingerprint density at radius 3 is 2.84 bits per heavy atom. The molecule has 0 aliphatic heterocycles. The molecule has 0 aliphatic rings. The number of nitrogens with one attached hydrogen (secondary N) is 2. The lowest BCUT2D eigenvalue weighted by molar-refractivity contribution is 0.627. The van der Waals surface area contributed by atoms with E-state index in [0.717, 1.165) is 20.3 Å². The summed E-state index contributed by atoms with van der Waals surface area (Å²) < 4.78 is 13.8. The summed E-state index contributed by atoms with van der Waals surface area (Å²) in [7, 11) is 0. The van der Waals surface area contributed by atoms with Gasteiger partial charge in [0, 0.05) is 9.26 Å². The van der Waals surface area contributed by atoms with Crippen LogP contribution in [0.4, 0.5) is 21.7 Å². The molecule has 0 bridgehead atoms. The first kappa shape index (κ1) is 12.2. The van der Waals surface area contributed by atoms with E-state index in [-0.39, 0.29) is 5.82 Å². The SMILES string of the molecule is Nc1ccc2nc(Nc3ccc(F)cc3I)[nH]c2c1. The highest BCUT2D eigenvalue weighted by Crippen LogP contribution is 2.24. The van der Waals surface area contributed by atoms with E-state index in [2.05, 4.69) is 37.9 Å². The standard InChI is InChI=1S/C13H10FIN4/c14-7-1-3-10(9(15)5-7)17-13-18-11-4-2-8(16)6-12(11)19-13/h1-6H,16H2,(H2,17,18,19).